The van der Waals surface area contributed by atoms with Gasteiger partial charge in [0.15, 0.2) is 0 Å². The highest BCUT2D eigenvalue weighted by Gasteiger charge is 2.10. The molecule has 2 amide bonds. The van der Waals surface area contributed by atoms with Crippen molar-refractivity contribution in [1.82, 2.24) is 15.8 Å². The minimum atomic E-state index is -0.409. The lowest BCUT2D eigenvalue weighted by molar-refractivity contribution is 0.0844. The van der Waals surface area contributed by atoms with Gasteiger partial charge in [0.2, 0.25) is 0 Å². The molecule has 21 heavy (non-hydrogen) atoms. The quantitative estimate of drug-likeness (QED) is 0.745. The number of hydrogen-bond acceptors (Lipinski definition) is 2. The SMILES string of the molecule is CC(C)c1ccc(C(=O)NNC(=O)c2cc(Br)c[nH]2)cc1. The largest absolute Gasteiger partial charge is 0.356 e. The van der Waals surface area contributed by atoms with Gasteiger partial charge >= 0.3 is 0 Å². The Labute approximate surface area is 131 Å². The zero-order valence-electron chi connectivity index (χ0n) is 11.7. The summed E-state index contributed by atoms with van der Waals surface area (Å²) in [6, 6.07) is 8.91. The van der Waals surface area contributed by atoms with E-state index in [1.807, 2.05) is 12.1 Å². The first-order chi connectivity index (χ1) is 9.97. The third-order valence-electron chi connectivity index (χ3n) is 3.02. The summed E-state index contributed by atoms with van der Waals surface area (Å²) in [5.74, 6) is -0.356. The Bertz CT molecular complexity index is 647. The zero-order valence-corrected chi connectivity index (χ0v) is 13.3. The Morgan fingerprint density at radius 1 is 1.10 bits per heavy atom. The number of aromatic nitrogens is 1. The second-order valence-electron chi connectivity index (χ2n) is 4.92. The molecule has 0 fully saturated rings. The molecule has 0 aliphatic heterocycles. The van der Waals surface area contributed by atoms with E-state index in [-0.39, 0.29) is 5.91 Å². The number of carbonyl (C=O) groups excluding carboxylic acids is 2. The number of rotatable bonds is 3. The van der Waals surface area contributed by atoms with Gasteiger partial charge in [-0.1, -0.05) is 26.0 Å². The van der Waals surface area contributed by atoms with Crippen molar-refractivity contribution in [3.63, 3.8) is 0 Å². The van der Waals surface area contributed by atoms with Gasteiger partial charge in [-0.3, -0.25) is 20.4 Å². The summed E-state index contributed by atoms with van der Waals surface area (Å²) in [4.78, 5) is 26.5. The number of H-pyrrole nitrogens is 1. The first-order valence-corrected chi connectivity index (χ1v) is 7.31. The molecule has 1 aromatic carbocycles. The number of benzene rings is 1. The Balaban J connectivity index is 1.94. The summed E-state index contributed by atoms with van der Waals surface area (Å²) < 4.78 is 0.767. The van der Waals surface area contributed by atoms with Crippen LogP contribution in [-0.2, 0) is 0 Å². The highest BCUT2D eigenvalue weighted by Crippen LogP contribution is 2.14. The van der Waals surface area contributed by atoms with Crippen LogP contribution in [0, 0.1) is 0 Å². The maximum absolute atomic E-state index is 11.9. The molecule has 0 unspecified atom stereocenters. The van der Waals surface area contributed by atoms with Gasteiger partial charge in [-0.25, -0.2) is 0 Å². The average molecular weight is 350 g/mol. The van der Waals surface area contributed by atoms with E-state index in [4.69, 9.17) is 0 Å². The van der Waals surface area contributed by atoms with E-state index in [0.717, 1.165) is 10.0 Å². The maximum atomic E-state index is 11.9. The average Bonchev–Trinajstić information content (AvgIpc) is 2.91. The van der Waals surface area contributed by atoms with Gasteiger partial charge in [-0.05, 0) is 45.6 Å². The van der Waals surface area contributed by atoms with Crippen molar-refractivity contribution in [3.8, 4) is 0 Å². The van der Waals surface area contributed by atoms with Crippen LogP contribution in [0.3, 0.4) is 0 Å². The summed E-state index contributed by atoms with van der Waals surface area (Å²) in [5.41, 5.74) is 6.75. The van der Waals surface area contributed by atoms with Gasteiger partial charge in [0.1, 0.15) is 5.69 Å². The number of carbonyl (C=O) groups is 2. The van der Waals surface area contributed by atoms with Crippen LogP contribution in [0.15, 0.2) is 41.0 Å². The summed E-state index contributed by atoms with van der Waals surface area (Å²) in [5, 5.41) is 0. The summed E-state index contributed by atoms with van der Waals surface area (Å²) in [6.45, 7) is 4.17. The Morgan fingerprint density at radius 2 is 1.71 bits per heavy atom. The Morgan fingerprint density at radius 3 is 2.24 bits per heavy atom. The van der Waals surface area contributed by atoms with E-state index in [0.29, 0.717) is 17.2 Å². The van der Waals surface area contributed by atoms with E-state index >= 15 is 0 Å². The minimum absolute atomic E-state index is 0.357. The predicted molar refractivity (Wildman–Crippen MR) is 84.0 cm³/mol. The lowest BCUT2D eigenvalue weighted by atomic mass is 10.0. The second kappa shape index (κ2) is 6.58. The lowest BCUT2D eigenvalue weighted by Gasteiger charge is -2.08. The van der Waals surface area contributed by atoms with Gasteiger partial charge in [0.25, 0.3) is 11.8 Å². The maximum Gasteiger partial charge on any atom is 0.286 e. The standard InChI is InChI=1S/C15H16BrN3O2/c1-9(2)10-3-5-11(6-4-10)14(20)18-19-15(21)13-7-12(16)8-17-13/h3-9,17H,1-2H3,(H,18,20)(H,19,21). The first-order valence-electron chi connectivity index (χ1n) is 6.52. The molecule has 0 saturated heterocycles. The van der Waals surface area contributed by atoms with Crippen LogP contribution in [0.2, 0.25) is 0 Å². The van der Waals surface area contributed by atoms with Crippen molar-refractivity contribution in [3.05, 3.63) is 57.8 Å². The molecular formula is C15H16BrN3O2. The second-order valence-corrected chi connectivity index (χ2v) is 5.83. The molecule has 1 heterocycles. The molecule has 110 valence electrons. The van der Waals surface area contributed by atoms with Crippen LogP contribution < -0.4 is 10.9 Å². The smallest absolute Gasteiger partial charge is 0.286 e. The van der Waals surface area contributed by atoms with Gasteiger partial charge in [-0.15, -0.1) is 0 Å². The molecule has 0 spiro atoms. The highest BCUT2D eigenvalue weighted by molar-refractivity contribution is 9.10. The highest BCUT2D eigenvalue weighted by atomic mass is 79.9. The summed E-state index contributed by atoms with van der Waals surface area (Å²) in [6.07, 6.45) is 1.64. The molecule has 0 atom stereocenters. The van der Waals surface area contributed by atoms with E-state index in [2.05, 4.69) is 45.6 Å². The van der Waals surface area contributed by atoms with Crippen LogP contribution in [0.1, 0.15) is 46.2 Å². The van der Waals surface area contributed by atoms with Crippen molar-refractivity contribution in [1.29, 1.82) is 0 Å². The van der Waals surface area contributed by atoms with Gasteiger partial charge in [0.05, 0.1) is 0 Å². The summed E-state index contributed by atoms with van der Waals surface area (Å²) in [7, 11) is 0. The fraction of sp³-hybridized carbons (Fsp3) is 0.200. The number of nitrogens with one attached hydrogen (secondary N) is 3. The molecule has 2 rings (SSSR count). The Hall–Kier alpha value is -2.08. The molecular weight excluding hydrogens is 334 g/mol. The Kier molecular flexibility index (Phi) is 4.80. The van der Waals surface area contributed by atoms with Crippen LogP contribution in [0.4, 0.5) is 0 Å². The van der Waals surface area contributed by atoms with Gasteiger partial charge in [-0.2, -0.15) is 0 Å². The number of halogens is 1. The van der Waals surface area contributed by atoms with E-state index in [1.54, 1.807) is 24.4 Å². The van der Waals surface area contributed by atoms with Crippen molar-refractivity contribution in [2.75, 3.05) is 0 Å². The van der Waals surface area contributed by atoms with E-state index in [1.165, 1.54) is 0 Å². The normalized spacial score (nSPS) is 10.5. The molecule has 2 aromatic rings. The molecule has 5 nitrogen and oxygen atoms in total. The molecule has 1 aromatic heterocycles. The number of hydrazine groups is 1. The predicted octanol–water partition coefficient (Wildman–Crippen LogP) is 2.98. The van der Waals surface area contributed by atoms with Crippen molar-refractivity contribution >= 4 is 27.7 Å². The third kappa shape index (κ3) is 3.95. The molecule has 0 aliphatic carbocycles. The molecule has 0 aliphatic rings. The fourth-order valence-electron chi connectivity index (χ4n) is 1.77. The molecule has 6 heteroatoms. The van der Waals surface area contributed by atoms with Crippen molar-refractivity contribution in [2.45, 2.75) is 19.8 Å². The molecule has 0 radical (unpaired) electrons. The number of hydrogen-bond donors (Lipinski definition) is 3. The molecule has 3 N–H and O–H groups in total. The number of amides is 2. The zero-order chi connectivity index (χ0) is 15.4. The topological polar surface area (TPSA) is 74.0 Å². The third-order valence-corrected chi connectivity index (χ3v) is 3.48. The minimum Gasteiger partial charge on any atom is -0.356 e. The van der Waals surface area contributed by atoms with Crippen LogP contribution >= 0.6 is 15.9 Å². The number of aromatic amines is 1. The van der Waals surface area contributed by atoms with Crippen molar-refractivity contribution in [2.24, 2.45) is 0 Å². The van der Waals surface area contributed by atoms with E-state index in [9.17, 15) is 9.59 Å². The van der Waals surface area contributed by atoms with Crippen LogP contribution in [0.25, 0.3) is 0 Å². The first kappa shape index (κ1) is 15.3. The monoisotopic (exact) mass is 349 g/mol. The van der Waals surface area contributed by atoms with E-state index < -0.39 is 5.91 Å². The molecule has 0 bridgehead atoms. The molecule has 0 saturated carbocycles. The summed E-state index contributed by atoms with van der Waals surface area (Å²) >= 11 is 3.24. The lowest BCUT2D eigenvalue weighted by Crippen LogP contribution is -2.41. The van der Waals surface area contributed by atoms with Gasteiger partial charge in [0, 0.05) is 16.2 Å². The van der Waals surface area contributed by atoms with Crippen LogP contribution in [0.5, 0.6) is 0 Å². The fourth-order valence-corrected chi connectivity index (χ4v) is 2.11. The van der Waals surface area contributed by atoms with Crippen molar-refractivity contribution < 1.29 is 9.59 Å². The van der Waals surface area contributed by atoms with Gasteiger partial charge < -0.3 is 4.98 Å². The van der Waals surface area contributed by atoms with Crippen LogP contribution in [-0.4, -0.2) is 16.8 Å².